The number of likely N-dealkylation sites (tertiary alicyclic amines) is 1. The highest BCUT2D eigenvalue weighted by atomic mass is 16.2. The highest BCUT2D eigenvalue weighted by molar-refractivity contribution is 6.04. The molecule has 1 unspecified atom stereocenters. The number of hydrogen-bond donors (Lipinski definition) is 0. The molecule has 0 bridgehead atoms. The van der Waals surface area contributed by atoms with Crippen molar-refractivity contribution in [2.45, 2.75) is 59.9 Å². The van der Waals surface area contributed by atoms with Crippen molar-refractivity contribution in [2.24, 2.45) is 0 Å². The number of Topliss-reactive ketones (excluding diaryl/α,β-unsaturated/α-hetero) is 1. The summed E-state index contributed by atoms with van der Waals surface area (Å²) in [6.07, 6.45) is 1.18. The van der Waals surface area contributed by atoms with Crippen molar-refractivity contribution in [2.75, 3.05) is 73.6 Å². The van der Waals surface area contributed by atoms with E-state index in [1.165, 1.54) is 0 Å². The van der Waals surface area contributed by atoms with E-state index >= 15 is 0 Å². The largest absolute Gasteiger partial charge is 0.356 e. The zero-order chi connectivity index (χ0) is 27.1. The number of carbonyl (C=O) groups is 3. The van der Waals surface area contributed by atoms with E-state index in [2.05, 4.69) is 28.5 Å². The van der Waals surface area contributed by atoms with Gasteiger partial charge in [-0.3, -0.25) is 14.4 Å². The lowest BCUT2D eigenvalue weighted by atomic mass is 10.1. The van der Waals surface area contributed by atoms with Gasteiger partial charge in [0.05, 0.1) is 6.07 Å². The minimum atomic E-state index is -0.497. The second-order valence-electron chi connectivity index (χ2n) is 9.34. The summed E-state index contributed by atoms with van der Waals surface area (Å²) in [6.45, 7) is 15.2. The molecule has 202 valence electrons. The van der Waals surface area contributed by atoms with Crippen LogP contribution in [0.5, 0.6) is 0 Å². The summed E-state index contributed by atoms with van der Waals surface area (Å²) >= 11 is 0. The maximum atomic E-state index is 13.3. The summed E-state index contributed by atoms with van der Waals surface area (Å²) in [7, 11) is 0. The van der Waals surface area contributed by atoms with E-state index in [0.717, 1.165) is 32.6 Å². The molecule has 2 amide bonds. The molecule has 3 rings (SSSR count). The van der Waals surface area contributed by atoms with Crippen molar-refractivity contribution in [3.05, 3.63) is 5.56 Å². The average Bonchev–Trinajstić information content (AvgIpc) is 3.40. The van der Waals surface area contributed by atoms with Crippen molar-refractivity contribution in [1.82, 2.24) is 19.8 Å². The molecule has 0 spiro atoms. The molecule has 0 aliphatic carbocycles. The second-order valence-corrected chi connectivity index (χ2v) is 9.34. The van der Waals surface area contributed by atoms with Crippen LogP contribution in [0, 0.1) is 11.3 Å². The Hall–Kier alpha value is -3.42. The van der Waals surface area contributed by atoms with E-state index in [1.54, 1.807) is 16.7 Å². The fourth-order valence-corrected chi connectivity index (χ4v) is 5.21. The molecule has 2 fully saturated rings. The molecule has 37 heavy (non-hydrogen) atoms. The van der Waals surface area contributed by atoms with Gasteiger partial charge >= 0.3 is 0 Å². The maximum absolute atomic E-state index is 13.3. The van der Waals surface area contributed by atoms with Crippen LogP contribution in [0.2, 0.25) is 0 Å². The first-order valence-corrected chi connectivity index (χ1v) is 13.4. The molecule has 0 aromatic carbocycles. The third kappa shape index (κ3) is 5.95. The lowest BCUT2D eigenvalue weighted by Crippen LogP contribution is -2.54. The maximum Gasteiger partial charge on any atom is 0.245 e. The van der Waals surface area contributed by atoms with E-state index in [1.807, 2.05) is 19.9 Å². The molecule has 11 nitrogen and oxygen atoms in total. The first-order valence-electron chi connectivity index (χ1n) is 13.4. The Bertz CT molecular complexity index is 1020. The fourth-order valence-electron chi connectivity index (χ4n) is 5.21. The molecular weight excluding hydrogens is 472 g/mol. The van der Waals surface area contributed by atoms with Gasteiger partial charge in [-0.05, 0) is 47.5 Å². The number of nitriles is 1. The number of anilines is 3. The first-order chi connectivity index (χ1) is 17.8. The number of aromatic nitrogens is 2. The number of hydrogen-bond acceptors (Lipinski definition) is 9. The number of piperazine rings is 1. The van der Waals surface area contributed by atoms with Crippen LogP contribution in [0.25, 0.3) is 0 Å². The Morgan fingerprint density at radius 1 is 0.946 bits per heavy atom. The van der Waals surface area contributed by atoms with Gasteiger partial charge in [-0.2, -0.15) is 15.2 Å². The summed E-state index contributed by atoms with van der Waals surface area (Å²) in [6, 6.07) is 1.40. The molecular formula is C26H40N8O3. The van der Waals surface area contributed by atoms with E-state index < -0.39 is 6.04 Å². The monoisotopic (exact) mass is 512 g/mol. The quantitative estimate of drug-likeness (QED) is 0.433. The van der Waals surface area contributed by atoms with E-state index in [0.29, 0.717) is 62.3 Å². The Morgan fingerprint density at radius 2 is 1.57 bits per heavy atom. The van der Waals surface area contributed by atoms with Gasteiger partial charge in [0.2, 0.25) is 17.8 Å². The molecule has 0 radical (unpaired) electrons. The number of amides is 2. The zero-order valence-electron chi connectivity index (χ0n) is 22.9. The predicted molar refractivity (Wildman–Crippen MR) is 143 cm³/mol. The van der Waals surface area contributed by atoms with Gasteiger partial charge in [-0.1, -0.05) is 0 Å². The van der Waals surface area contributed by atoms with Crippen molar-refractivity contribution in [3.8, 4) is 6.07 Å². The lowest BCUT2D eigenvalue weighted by Gasteiger charge is -2.39. The van der Waals surface area contributed by atoms with Crippen LogP contribution < -0.4 is 14.7 Å². The molecule has 0 N–H and O–H groups in total. The van der Waals surface area contributed by atoms with Crippen molar-refractivity contribution >= 4 is 35.2 Å². The van der Waals surface area contributed by atoms with Crippen LogP contribution in [0.1, 0.15) is 64.2 Å². The van der Waals surface area contributed by atoms with Crippen molar-refractivity contribution in [1.29, 1.82) is 5.26 Å². The topological polar surface area (TPSA) is 117 Å². The lowest BCUT2D eigenvalue weighted by molar-refractivity contribution is -0.143. The SMILES string of the molecule is CCN(CC)c1nc(N(CC)CC)c(C(C)=O)c(N2CCN(C(=O)C3CCCN3C(=O)CC#N)CC2)n1. The van der Waals surface area contributed by atoms with Gasteiger partial charge < -0.3 is 24.5 Å². The van der Waals surface area contributed by atoms with Crippen LogP contribution in [0.4, 0.5) is 17.6 Å². The van der Waals surface area contributed by atoms with E-state index in [9.17, 15) is 14.4 Å². The summed E-state index contributed by atoms with van der Waals surface area (Å²) < 4.78 is 0. The first kappa shape index (κ1) is 28.2. The minimum absolute atomic E-state index is 0.0643. The molecule has 1 aromatic rings. The zero-order valence-corrected chi connectivity index (χ0v) is 22.9. The highest BCUT2D eigenvalue weighted by Crippen LogP contribution is 2.31. The highest BCUT2D eigenvalue weighted by Gasteiger charge is 2.38. The van der Waals surface area contributed by atoms with E-state index in [-0.39, 0.29) is 24.0 Å². The normalized spacial score (nSPS) is 17.5. The third-order valence-corrected chi connectivity index (χ3v) is 7.30. The Morgan fingerprint density at radius 3 is 2.11 bits per heavy atom. The van der Waals surface area contributed by atoms with Gasteiger partial charge in [0.15, 0.2) is 5.78 Å². The van der Waals surface area contributed by atoms with Gasteiger partial charge in [-0.25, -0.2) is 0 Å². The van der Waals surface area contributed by atoms with Crippen molar-refractivity contribution < 1.29 is 14.4 Å². The average molecular weight is 513 g/mol. The molecule has 2 aliphatic rings. The Labute approximate surface area is 220 Å². The molecule has 11 heteroatoms. The summed E-state index contributed by atoms with van der Waals surface area (Å²) in [4.78, 5) is 57.9. The van der Waals surface area contributed by atoms with Gasteiger partial charge in [0, 0.05) is 58.9 Å². The van der Waals surface area contributed by atoms with E-state index in [4.69, 9.17) is 15.2 Å². The number of rotatable bonds is 10. The van der Waals surface area contributed by atoms with Crippen LogP contribution >= 0.6 is 0 Å². The molecule has 1 aromatic heterocycles. The van der Waals surface area contributed by atoms with Gasteiger partial charge in [-0.15, -0.1) is 0 Å². The molecule has 0 saturated carbocycles. The summed E-state index contributed by atoms with van der Waals surface area (Å²) in [5.41, 5.74) is 0.517. The Balaban J connectivity index is 1.87. The predicted octanol–water partition coefficient (Wildman–Crippen LogP) is 1.92. The van der Waals surface area contributed by atoms with Crippen LogP contribution in [0.15, 0.2) is 0 Å². The number of ketones is 1. The fraction of sp³-hybridized carbons (Fsp3) is 0.692. The second kappa shape index (κ2) is 12.7. The van der Waals surface area contributed by atoms with Crippen LogP contribution in [0.3, 0.4) is 0 Å². The molecule has 3 heterocycles. The standard InChI is InChI=1S/C26H40N8O3/c1-6-30(7-2)23-22(19(5)35)24(29-26(28-23)31(8-3)9-4)32-15-17-33(18-16-32)25(37)20-11-10-14-34(20)21(36)12-13-27/h20H,6-12,14-18H2,1-5H3. The van der Waals surface area contributed by atoms with Gasteiger partial charge in [0.1, 0.15) is 29.7 Å². The smallest absolute Gasteiger partial charge is 0.245 e. The Kier molecular flexibility index (Phi) is 9.66. The molecule has 2 saturated heterocycles. The molecule has 2 aliphatic heterocycles. The van der Waals surface area contributed by atoms with Crippen LogP contribution in [-0.4, -0.2) is 102 Å². The number of carbonyl (C=O) groups excluding carboxylic acids is 3. The minimum Gasteiger partial charge on any atom is -0.356 e. The van der Waals surface area contributed by atoms with Crippen LogP contribution in [-0.2, 0) is 9.59 Å². The van der Waals surface area contributed by atoms with Crippen molar-refractivity contribution in [3.63, 3.8) is 0 Å². The summed E-state index contributed by atoms with van der Waals surface area (Å²) in [5.74, 6) is 1.44. The van der Waals surface area contributed by atoms with Gasteiger partial charge in [0.25, 0.3) is 0 Å². The summed E-state index contributed by atoms with van der Waals surface area (Å²) in [5, 5.41) is 8.90. The number of nitrogens with zero attached hydrogens (tertiary/aromatic N) is 8. The molecule has 1 atom stereocenters. The third-order valence-electron chi connectivity index (χ3n) is 7.30.